The van der Waals surface area contributed by atoms with Crippen LogP contribution < -0.4 is 5.73 Å². The van der Waals surface area contributed by atoms with Crippen molar-refractivity contribution in [2.24, 2.45) is 5.73 Å². The lowest BCUT2D eigenvalue weighted by Crippen LogP contribution is -2.19. The van der Waals surface area contributed by atoms with E-state index in [0.29, 0.717) is 11.3 Å². The van der Waals surface area contributed by atoms with Gasteiger partial charge in [-0.25, -0.2) is 0 Å². The number of halogens is 3. The van der Waals surface area contributed by atoms with Crippen molar-refractivity contribution in [1.29, 1.82) is 0 Å². The molecule has 16 heavy (non-hydrogen) atoms. The number of nitrogens with two attached hydrogens (primary N) is 1. The van der Waals surface area contributed by atoms with Gasteiger partial charge in [-0.1, -0.05) is 18.3 Å². The molecule has 1 rings (SSSR count). The van der Waals surface area contributed by atoms with E-state index in [4.69, 9.17) is 18.0 Å². The minimum atomic E-state index is -4.34. The zero-order valence-electron chi connectivity index (χ0n) is 8.12. The lowest BCUT2D eigenvalue weighted by molar-refractivity contribution is -0.176. The molecule has 0 aliphatic carbocycles. The quantitative estimate of drug-likeness (QED) is 0.828. The summed E-state index contributed by atoms with van der Waals surface area (Å²) in [4.78, 5) is 3.90. The third kappa shape index (κ3) is 4.11. The summed E-state index contributed by atoms with van der Waals surface area (Å²) in [6, 6.07) is 3.14. The lowest BCUT2D eigenvalue weighted by atomic mass is 10.2. The SMILES string of the molecule is NC(=S)c1ncccc1COCC(F)(F)F. The summed E-state index contributed by atoms with van der Waals surface area (Å²) in [7, 11) is 0. The van der Waals surface area contributed by atoms with Gasteiger partial charge >= 0.3 is 6.18 Å². The fourth-order valence-corrected chi connectivity index (χ4v) is 1.24. The van der Waals surface area contributed by atoms with Crippen molar-refractivity contribution < 1.29 is 17.9 Å². The molecule has 88 valence electrons. The molecular formula is C9H9F3N2OS. The van der Waals surface area contributed by atoms with Crippen LogP contribution in [-0.4, -0.2) is 22.8 Å². The smallest absolute Gasteiger partial charge is 0.388 e. The molecule has 0 saturated heterocycles. The van der Waals surface area contributed by atoms with Crippen molar-refractivity contribution in [2.75, 3.05) is 6.61 Å². The van der Waals surface area contributed by atoms with Gasteiger partial charge < -0.3 is 10.5 Å². The number of pyridine rings is 1. The Balaban J connectivity index is 2.64. The van der Waals surface area contributed by atoms with Crippen LogP contribution in [0.1, 0.15) is 11.3 Å². The van der Waals surface area contributed by atoms with E-state index in [1.54, 1.807) is 12.1 Å². The van der Waals surface area contributed by atoms with Gasteiger partial charge in [0, 0.05) is 11.8 Å². The summed E-state index contributed by atoms with van der Waals surface area (Å²) >= 11 is 4.71. The molecule has 0 atom stereocenters. The monoisotopic (exact) mass is 250 g/mol. The highest BCUT2D eigenvalue weighted by atomic mass is 32.1. The zero-order valence-corrected chi connectivity index (χ0v) is 8.94. The molecule has 0 amide bonds. The molecule has 0 spiro atoms. The molecular weight excluding hydrogens is 241 g/mol. The third-order valence-corrected chi connectivity index (χ3v) is 1.84. The largest absolute Gasteiger partial charge is 0.411 e. The third-order valence-electron chi connectivity index (χ3n) is 1.65. The second-order valence-corrected chi connectivity index (χ2v) is 3.42. The number of hydrogen-bond acceptors (Lipinski definition) is 3. The topological polar surface area (TPSA) is 48.1 Å². The highest BCUT2D eigenvalue weighted by Crippen LogP contribution is 2.16. The summed E-state index contributed by atoms with van der Waals surface area (Å²) in [6.07, 6.45) is -2.88. The molecule has 3 nitrogen and oxygen atoms in total. The highest BCUT2D eigenvalue weighted by Gasteiger charge is 2.27. The Kier molecular flexibility index (Phi) is 4.19. The van der Waals surface area contributed by atoms with Crippen LogP contribution >= 0.6 is 12.2 Å². The molecule has 0 aliphatic heterocycles. The molecule has 2 N–H and O–H groups in total. The second kappa shape index (κ2) is 5.22. The van der Waals surface area contributed by atoms with Crippen molar-refractivity contribution in [1.82, 2.24) is 4.98 Å². The van der Waals surface area contributed by atoms with E-state index in [1.807, 2.05) is 0 Å². The summed E-state index contributed by atoms with van der Waals surface area (Å²) in [5.41, 5.74) is 6.10. The molecule has 0 bridgehead atoms. The number of rotatable bonds is 4. The van der Waals surface area contributed by atoms with Crippen LogP contribution in [-0.2, 0) is 11.3 Å². The first-order chi connectivity index (χ1) is 7.40. The molecule has 0 saturated carbocycles. The minimum Gasteiger partial charge on any atom is -0.388 e. The van der Waals surface area contributed by atoms with Gasteiger partial charge in [0.15, 0.2) is 0 Å². The first-order valence-corrected chi connectivity index (χ1v) is 4.69. The van der Waals surface area contributed by atoms with Gasteiger partial charge in [-0.15, -0.1) is 0 Å². The van der Waals surface area contributed by atoms with E-state index in [0.717, 1.165) is 0 Å². The van der Waals surface area contributed by atoms with E-state index in [-0.39, 0.29) is 11.6 Å². The second-order valence-electron chi connectivity index (χ2n) is 2.98. The van der Waals surface area contributed by atoms with Gasteiger partial charge in [0.25, 0.3) is 0 Å². The first-order valence-electron chi connectivity index (χ1n) is 4.28. The van der Waals surface area contributed by atoms with E-state index in [2.05, 4.69) is 9.72 Å². The maximum absolute atomic E-state index is 11.8. The van der Waals surface area contributed by atoms with E-state index in [1.165, 1.54) is 6.20 Å². The number of aromatic nitrogens is 1. The number of alkyl halides is 3. The average molecular weight is 250 g/mol. The van der Waals surface area contributed by atoms with Crippen molar-refractivity contribution >= 4 is 17.2 Å². The van der Waals surface area contributed by atoms with Gasteiger partial charge in [-0.2, -0.15) is 13.2 Å². The summed E-state index contributed by atoms with van der Waals surface area (Å²) < 4.78 is 40.0. The molecule has 0 unspecified atom stereocenters. The van der Waals surface area contributed by atoms with Gasteiger partial charge in [0.05, 0.1) is 6.61 Å². The fourth-order valence-electron chi connectivity index (χ4n) is 1.05. The van der Waals surface area contributed by atoms with E-state index >= 15 is 0 Å². The van der Waals surface area contributed by atoms with Gasteiger partial charge in [-0.3, -0.25) is 4.98 Å². The normalized spacial score (nSPS) is 11.4. The summed E-state index contributed by atoms with van der Waals surface area (Å²) in [6.45, 7) is -1.53. The van der Waals surface area contributed by atoms with Crippen molar-refractivity contribution in [3.63, 3.8) is 0 Å². The van der Waals surface area contributed by atoms with Crippen LogP contribution in [0.25, 0.3) is 0 Å². The van der Waals surface area contributed by atoms with Crippen molar-refractivity contribution in [2.45, 2.75) is 12.8 Å². The predicted molar refractivity (Wildman–Crippen MR) is 55.8 cm³/mol. The van der Waals surface area contributed by atoms with Crippen LogP contribution in [0.15, 0.2) is 18.3 Å². The number of hydrogen-bond donors (Lipinski definition) is 1. The molecule has 1 aromatic rings. The molecule has 0 aliphatic rings. The lowest BCUT2D eigenvalue weighted by Gasteiger charge is -2.09. The minimum absolute atomic E-state index is 0.0335. The number of thiocarbonyl (C=S) groups is 1. The van der Waals surface area contributed by atoms with Crippen molar-refractivity contribution in [3.8, 4) is 0 Å². The standard InChI is InChI=1S/C9H9F3N2OS/c10-9(11,12)5-15-4-6-2-1-3-14-7(6)8(13)16/h1-3H,4-5H2,(H2,13,16). The van der Waals surface area contributed by atoms with Crippen LogP contribution in [0, 0.1) is 0 Å². The summed E-state index contributed by atoms with van der Waals surface area (Å²) in [5.74, 6) is 0. The van der Waals surface area contributed by atoms with Crippen LogP contribution in [0.2, 0.25) is 0 Å². The van der Waals surface area contributed by atoms with Crippen LogP contribution in [0.4, 0.5) is 13.2 Å². The maximum Gasteiger partial charge on any atom is 0.411 e. The molecule has 1 aromatic heterocycles. The summed E-state index contributed by atoms with van der Waals surface area (Å²) in [5, 5.41) is 0. The van der Waals surface area contributed by atoms with Crippen LogP contribution in [0.5, 0.6) is 0 Å². The van der Waals surface area contributed by atoms with Gasteiger partial charge in [-0.05, 0) is 6.07 Å². The fraction of sp³-hybridized carbons (Fsp3) is 0.333. The molecule has 0 radical (unpaired) electrons. The van der Waals surface area contributed by atoms with Gasteiger partial charge in [0.1, 0.15) is 17.3 Å². The maximum atomic E-state index is 11.8. The number of nitrogens with zero attached hydrogens (tertiary/aromatic N) is 1. The predicted octanol–water partition coefficient (Wildman–Crippen LogP) is 1.79. The number of ether oxygens (including phenoxy) is 1. The Morgan fingerprint density at radius 3 is 2.75 bits per heavy atom. The first kappa shape index (κ1) is 12.9. The van der Waals surface area contributed by atoms with Crippen molar-refractivity contribution in [3.05, 3.63) is 29.6 Å². The Morgan fingerprint density at radius 2 is 2.19 bits per heavy atom. The van der Waals surface area contributed by atoms with Gasteiger partial charge in [0.2, 0.25) is 0 Å². The molecule has 0 fully saturated rings. The Morgan fingerprint density at radius 1 is 1.50 bits per heavy atom. The van der Waals surface area contributed by atoms with Crippen LogP contribution in [0.3, 0.4) is 0 Å². The molecule has 0 aromatic carbocycles. The molecule has 1 heterocycles. The Bertz CT molecular complexity index is 381. The van der Waals surface area contributed by atoms with E-state index in [9.17, 15) is 13.2 Å². The zero-order chi connectivity index (χ0) is 12.2. The Labute approximate surface area is 95.4 Å². The average Bonchev–Trinajstić information content (AvgIpc) is 2.16. The molecule has 7 heteroatoms. The highest BCUT2D eigenvalue weighted by molar-refractivity contribution is 7.80. The Hall–Kier alpha value is -1.21. The van der Waals surface area contributed by atoms with E-state index < -0.39 is 12.8 Å².